The average molecular weight is 729 g/mol. The van der Waals surface area contributed by atoms with E-state index in [9.17, 15) is 0 Å². The Balaban J connectivity index is 1.42. The maximum absolute atomic E-state index is 6.11. The highest BCUT2D eigenvalue weighted by Gasteiger charge is 2.18. The molecule has 0 heterocycles. The van der Waals surface area contributed by atoms with Crippen LogP contribution in [0.25, 0.3) is 0 Å². The van der Waals surface area contributed by atoms with Crippen molar-refractivity contribution < 1.29 is 0 Å². The van der Waals surface area contributed by atoms with E-state index in [0.717, 1.165) is 17.8 Å². The largest absolute Gasteiger partial charge is 0.399 e. The fourth-order valence-electron chi connectivity index (χ4n) is 8.48. The Morgan fingerprint density at radius 3 is 1.04 bits per heavy atom. The quantitative estimate of drug-likeness (QED) is 0.0452. The molecule has 3 atom stereocenters. The zero-order valence-corrected chi connectivity index (χ0v) is 34.7. The van der Waals surface area contributed by atoms with Crippen LogP contribution in [0, 0.1) is 0 Å². The molecule has 4 rings (SSSR count). The van der Waals surface area contributed by atoms with E-state index in [-0.39, 0.29) is 0 Å². The van der Waals surface area contributed by atoms with Gasteiger partial charge in [0.1, 0.15) is 0 Å². The standard InChI is InChI=1S/C52H76N2/c1-4-7-10-12-14-16-18-20-23-51(46-33-37-49(53)38-34-46)44-27-25-42(26-28-44)41-48(22-9-6-3)43-29-31-45(32-30-43)52(47-35-39-50(54)40-36-47)24-21-19-17-15-13-11-8-5-2/h25-40,48,51-52H,4-24,41,53-54H2,1-3H3. The van der Waals surface area contributed by atoms with Gasteiger partial charge in [-0.05, 0) is 89.2 Å². The van der Waals surface area contributed by atoms with Gasteiger partial charge in [-0.3, -0.25) is 0 Å². The van der Waals surface area contributed by atoms with Crippen LogP contribution < -0.4 is 11.5 Å². The van der Waals surface area contributed by atoms with Gasteiger partial charge >= 0.3 is 0 Å². The molecule has 0 amide bonds. The van der Waals surface area contributed by atoms with Crippen LogP contribution in [0.4, 0.5) is 11.4 Å². The minimum atomic E-state index is 0.418. The summed E-state index contributed by atoms with van der Waals surface area (Å²) in [6.45, 7) is 6.91. The molecule has 4 aromatic carbocycles. The minimum Gasteiger partial charge on any atom is -0.399 e. The molecule has 2 nitrogen and oxygen atoms in total. The lowest BCUT2D eigenvalue weighted by Gasteiger charge is -2.22. The highest BCUT2D eigenvalue weighted by molar-refractivity contribution is 5.44. The van der Waals surface area contributed by atoms with Crippen LogP contribution in [0.3, 0.4) is 0 Å². The van der Waals surface area contributed by atoms with Crippen LogP contribution in [0.5, 0.6) is 0 Å². The number of benzene rings is 4. The van der Waals surface area contributed by atoms with Crippen LogP contribution in [0.15, 0.2) is 97.1 Å². The molecular weight excluding hydrogens is 653 g/mol. The average Bonchev–Trinajstić information content (AvgIpc) is 3.20. The third kappa shape index (κ3) is 15.3. The normalized spacial score (nSPS) is 13.2. The topological polar surface area (TPSA) is 52.0 Å². The van der Waals surface area contributed by atoms with Crippen molar-refractivity contribution in [2.24, 2.45) is 0 Å². The Morgan fingerprint density at radius 1 is 0.333 bits per heavy atom. The van der Waals surface area contributed by atoms with Crippen molar-refractivity contribution in [1.82, 2.24) is 0 Å². The first kappa shape index (κ1) is 43.2. The van der Waals surface area contributed by atoms with Crippen molar-refractivity contribution in [3.05, 3.63) is 130 Å². The highest BCUT2D eigenvalue weighted by atomic mass is 14.5. The summed E-state index contributed by atoms with van der Waals surface area (Å²) in [6.07, 6.45) is 28.9. The maximum Gasteiger partial charge on any atom is 0.0314 e. The molecule has 54 heavy (non-hydrogen) atoms. The van der Waals surface area contributed by atoms with Crippen LogP contribution in [-0.2, 0) is 6.42 Å². The summed E-state index contributed by atoms with van der Waals surface area (Å²) in [5.41, 5.74) is 22.5. The van der Waals surface area contributed by atoms with Gasteiger partial charge in [0, 0.05) is 23.2 Å². The number of hydrogen-bond donors (Lipinski definition) is 2. The minimum absolute atomic E-state index is 0.418. The van der Waals surface area contributed by atoms with Crippen molar-refractivity contribution in [3.8, 4) is 0 Å². The third-order valence-corrected chi connectivity index (χ3v) is 12.0. The number of rotatable bonds is 28. The van der Waals surface area contributed by atoms with E-state index >= 15 is 0 Å². The third-order valence-electron chi connectivity index (χ3n) is 12.0. The molecule has 0 saturated heterocycles. The van der Waals surface area contributed by atoms with Gasteiger partial charge in [-0.15, -0.1) is 0 Å². The smallest absolute Gasteiger partial charge is 0.0314 e. The molecule has 294 valence electrons. The number of hydrogen-bond acceptors (Lipinski definition) is 2. The predicted octanol–water partition coefficient (Wildman–Crippen LogP) is 15.7. The lowest BCUT2D eigenvalue weighted by Crippen LogP contribution is -2.06. The first-order chi connectivity index (χ1) is 26.5. The Hall–Kier alpha value is -3.52. The van der Waals surface area contributed by atoms with E-state index in [1.165, 1.54) is 168 Å². The molecule has 0 fully saturated rings. The second-order valence-electron chi connectivity index (χ2n) is 16.4. The van der Waals surface area contributed by atoms with E-state index in [0.29, 0.717) is 17.8 Å². The molecule has 2 heteroatoms. The molecule has 0 spiro atoms. The van der Waals surface area contributed by atoms with Crippen molar-refractivity contribution in [2.45, 2.75) is 180 Å². The zero-order valence-electron chi connectivity index (χ0n) is 34.7. The van der Waals surface area contributed by atoms with Gasteiger partial charge < -0.3 is 11.5 Å². The highest BCUT2D eigenvalue weighted by Crippen LogP contribution is 2.35. The lowest BCUT2D eigenvalue weighted by atomic mass is 9.83. The fraction of sp³-hybridized carbons (Fsp3) is 0.538. The molecule has 0 saturated carbocycles. The summed E-state index contributed by atoms with van der Waals surface area (Å²) >= 11 is 0. The summed E-state index contributed by atoms with van der Waals surface area (Å²) < 4.78 is 0. The van der Waals surface area contributed by atoms with Gasteiger partial charge in [0.25, 0.3) is 0 Å². The van der Waals surface area contributed by atoms with E-state index in [1.807, 2.05) is 0 Å². The molecular formula is C52H76N2. The number of nitrogens with two attached hydrogens (primary N) is 2. The summed E-state index contributed by atoms with van der Waals surface area (Å²) in [5.74, 6) is 1.36. The van der Waals surface area contributed by atoms with Gasteiger partial charge in [-0.1, -0.05) is 209 Å². The second-order valence-corrected chi connectivity index (χ2v) is 16.4. The SMILES string of the molecule is CCCCCCCCCCC(c1ccc(N)cc1)c1ccc(CC(CCCC)c2ccc(C(CCCCCCCCCC)c3ccc(N)cc3)cc2)cc1. The lowest BCUT2D eigenvalue weighted by molar-refractivity contribution is 0.551. The number of anilines is 2. The molecule has 0 radical (unpaired) electrons. The first-order valence-electron chi connectivity index (χ1n) is 22.4. The van der Waals surface area contributed by atoms with Crippen LogP contribution >= 0.6 is 0 Å². The van der Waals surface area contributed by atoms with E-state index in [2.05, 4.69) is 118 Å². The first-order valence-corrected chi connectivity index (χ1v) is 22.4. The summed E-state index contributed by atoms with van der Waals surface area (Å²) in [7, 11) is 0. The number of nitrogen functional groups attached to an aromatic ring is 2. The van der Waals surface area contributed by atoms with Crippen molar-refractivity contribution in [1.29, 1.82) is 0 Å². The maximum atomic E-state index is 6.11. The molecule has 0 bridgehead atoms. The molecule has 4 aromatic rings. The fourth-order valence-corrected chi connectivity index (χ4v) is 8.48. The Bertz CT molecular complexity index is 1500. The summed E-state index contributed by atoms with van der Waals surface area (Å²) in [6, 6.07) is 36.7. The Labute approximate surface area is 332 Å². The van der Waals surface area contributed by atoms with Gasteiger partial charge in [-0.25, -0.2) is 0 Å². The summed E-state index contributed by atoms with van der Waals surface area (Å²) in [4.78, 5) is 0. The van der Waals surface area contributed by atoms with Gasteiger partial charge in [0.15, 0.2) is 0 Å². The van der Waals surface area contributed by atoms with Crippen molar-refractivity contribution in [3.63, 3.8) is 0 Å². The molecule has 3 unspecified atom stereocenters. The summed E-state index contributed by atoms with van der Waals surface area (Å²) in [5, 5.41) is 0. The van der Waals surface area contributed by atoms with Crippen LogP contribution in [0.1, 0.15) is 207 Å². The number of unbranched alkanes of at least 4 members (excludes halogenated alkanes) is 15. The van der Waals surface area contributed by atoms with Crippen LogP contribution in [-0.4, -0.2) is 0 Å². The monoisotopic (exact) mass is 729 g/mol. The zero-order chi connectivity index (χ0) is 38.2. The van der Waals surface area contributed by atoms with Gasteiger partial charge in [-0.2, -0.15) is 0 Å². The van der Waals surface area contributed by atoms with E-state index < -0.39 is 0 Å². The molecule has 0 aliphatic carbocycles. The van der Waals surface area contributed by atoms with Crippen molar-refractivity contribution in [2.75, 3.05) is 11.5 Å². The van der Waals surface area contributed by atoms with Crippen molar-refractivity contribution >= 4 is 11.4 Å². The second kappa shape index (κ2) is 25.5. The van der Waals surface area contributed by atoms with E-state index in [1.54, 1.807) is 0 Å². The molecule has 4 N–H and O–H groups in total. The Morgan fingerprint density at radius 2 is 0.648 bits per heavy atom. The van der Waals surface area contributed by atoms with Gasteiger partial charge in [0.05, 0.1) is 0 Å². The Kier molecular flexibility index (Phi) is 20.4. The molecule has 0 aromatic heterocycles. The molecule has 0 aliphatic heterocycles. The van der Waals surface area contributed by atoms with Crippen LogP contribution in [0.2, 0.25) is 0 Å². The molecule has 0 aliphatic rings. The van der Waals surface area contributed by atoms with Gasteiger partial charge in [0.2, 0.25) is 0 Å². The van der Waals surface area contributed by atoms with E-state index in [4.69, 9.17) is 11.5 Å². The predicted molar refractivity (Wildman–Crippen MR) is 239 cm³/mol.